The molecule has 1 aromatic rings. The van der Waals surface area contributed by atoms with Crippen LogP contribution < -0.4 is 5.32 Å². The van der Waals surface area contributed by atoms with E-state index in [4.69, 9.17) is 0 Å². The van der Waals surface area contributed by atoms with Crippen molar-refractivity contribution in [2.75, 3.05) is 11.1 Å². The number of thioether (sulfide) groups is 1. The zero-order valence-corrected chi connectivity index (χ0v) is 13.0. The number of carbonyl (C=O) groups is 2. The second kappa shape index (κ2) is 6.85. The Balaban J connectivity index is 2.15. The molecule has 0 radical (unpaired) electrons. The number of amides is 2. The highest BCUT2D eigenvalue weighted by molar-refractivity contribution is 8.00. The minimum absolute atomic E-state index is 0.135. The number of anilines is 1. The SMILES string of the molecule is CCCc1ccccc1NC(=O)N1C(C)SCC1C(=O)O. The van der Waals surface area contributed by atoms with Gasteiger partial charge in [0.25, 0.3) is 0 Å². The normalized spacial score (nSPS) is 21.3. The van der Waals surface area contributed by atoms with Crippen LogP contribution in [-0.2, 0) is 11.2 Å². The summed E-state index contributed by atoms with van der Waals surface area (Å²) in [4.78, 5) is 25.1. The van der Waals surface area contributed by atoms with Crippen molar-refractivity contribution >= 4 is 29.4 Å². The number of benzene rings is 1. The summed E-state index contributed by atoms with van der Waals surface area (Å²) < 4.78 is 0. The molecule has 2 atom stereocenters. The average molecular weight is 308 g/mol. The van der Waals surface area contributed by atoms with Gasteiger partial charge in [-0.2, -0.15) is 0 Å². The van der Waals surface area contributed by atoms with Gasteiger partial charge in [0.2, 0.25) is 0 Å². The summed E-state index contributed by atoms with van der Waals surface area (Å²) >= 11 is 1.48. The number of hydrogen-bond donors (Lipinski definition) is 2. The molecule has 0 aliphatic carbocycles. The molecule has 2 rings (SSSR count). The van der Waals surface area contributed by atoms with Gasteiger partial charge < -0.3 is 10.4 Å². The molecule has 1 fully saturated rings. The Morgan fingerprint density at radius 3 is 2.81 bits per heavy atom. The summed E-state index contributed by atoms with van der Waals surface area (Å²) in [6.07, 6.45) is 1.86. The zero-order chi connectivity index (χ0) is 15.4. The van der Waals surface area contributed by atoms with E-state index in [-0.39, 0.29) is 11.4 Å². The van der Waals surface area contributed by atoms with Crippen molar-refractivity contribution in [1.82, 2.24) is 4.90 Å². The van der Waals surface area contributed by atoms with E-state index in [1.54, 1.807) is 0 Å². The number of carboxylic acids is 1. The fourth-order valence-electron chi connectivity index (χ4n) is 2.45. The second-order valence-corrected chi connectivity index (χ2v) is 6.38. The maximum absolute atomic E-state index is 12.4. The molecule has 1 aromatic carbocycles. The molecule has 1 aliphatic heterocycles. The highest BCUT2D eigenvalue weighted by atomic mass is 32.2. The molecule has 2 unspecified atom stereocenters. The molecule has 0 bridgehead atoms. The summed E-state index contributed by atoms with van der Waals surface area (Å²) in [5.74, 6) is -0.524. The Morgan fingerprint density at radius 2 is 2.14 bits per heavy atom. The number of para-hydroxylation sites is 1. The highest BCUT2D eigenvalue weighted by Gasteiger charge is 2.39. The summed E-state index contributed by atoms with van der Waals surface area (Å²) in [5.41, 5.74) is 1.83. The Bertz CT molecular complexity index is 535. The lowest BCUT2D eigenvalue weighted by Gasteiger charge is -2.25. The van der Waals surface area contributed by atoms with E-state index in [0.717, 1.165) is 24.1 Å². The van der Waals surface area contributed by atoms with Crippen LogP contribution in [0.2, 0.25) is 0 Å². The second-order valence-electron chi connectivity index (χ2n) is 5.03. The standard InChI is InChI=1S/C15H20N2O3S/c1-3-6-11-7-4-5-8-12(11)16-15(20)17-10(2)21-9-13(17)14(18)19/h4-5,7-8,10,13H,3,6,9H2,1-2H3,(H,16,20)(H,18,19). The molecule has 1 aliphatic rings. The first-order chi connectivity index (χ1) is 10.0. The molecule has 0 saturated carbocycles. The summed E-state index contributed by atoms with van der Waals surface area (Å²) in [7, 11) is 0. The van der Waals surface area contributed by atoms with E-state index in [9.17, 15) is 14.7 Å². The van der Waals surface area contributed by atoms with Gasteiger partial charge in [-0.1, -0.05) is 31.5 Å². The minimum atomic E-state index is -0.955. The summed E-state index contributed by atoms with van der Waals surface area (Å²) in [6.45, 7) is 3.93. The Kier molecular flexibility index (Phi) is 5.12. The smallest absolute Gasteiger partial charge is 0.327 e. The Labute approximate surface area is 128 Å². The van der Waals surface area contributed by atoms with Gasteiger partial charge in [0.05, 0.1) is 5.37 Å². The molecule has 1 heterocycles. The molecule has 114 valence electrons. The molecule has 6 heteroatoms. The predicted molar refractivity (Wildman–Crippen MR) is 84.6 cm³/mol. The van der Waals surface area contributed by atoms with Gasteiger partial charge in [-0.15, -0.1) is 11.8 Å². The monoisotopic (exact) mass is 308 g/mol. The molecular weight excluding hydrogens is 288 g/mol. The van der Waals surface area contributed by atoms with E-state index >= 15 is 0 Å². The number of aliphatic carboxylic acids is 1. The summed E-state index contributed by atoms with van der Waals surface area (Å²) in [5, 5.41) is 11.9. The van der Waals surface area contributed by atoms with E-state index in [1.165, 1.54) is 16.7 Å². The van der Waals surface area contributed by atoms with Gasteiger partial charge in [-0.25, -0.2) is 9.59 Å². The maximum atomic E-state index is 12.4. The van der Waals surface area contributed by atoms with Crippen LogP contribution in [0.3, 0.4) is 0 Å². The van der Waals surface area contributed by atoms with Gasteiger partial charge in [0, 0.05) is 11.4 Å². The number of nitrogens with one attached hydrogen (secondary N) is 1. The lowest BCUT2D eigenvalue weighted by Crippen LogP contribution is -2.46. The van der Waals surface area contributed by atoms with Crippen molar-refractivity contribution in [1.29, 1.82) is 0 Å². The lowest BCUT2D eigenvalue weighted by atomic mass is 10.1. The Morgan fingerprint density at radius 1 is 1.43 bits per heavy atom. The number of carbonyl (C=O) groups excluding carboxylic acids is 1. The molecule has 2 amide bonds. The van der Waals surface area contributed by atoms with Gasteiger partial charge in [0.1, 0.15) is 6.04 Å². The zero-order valence-electron chi connectivity index (χ0n) is 12.2. The van der Waals surface area contributed by atoms with Crippen LogP contribution in [0.15, 0.2) is 24.3 Å². The summed E-state index contributed by atoms with van der Waals surface area (Å²) in [6, 6.07) is 6.54. The van der Waals surface area contributed by atoms with E-state index in [0.29, 0.717) is 5.75 Å². The molecule has 1 saturated heterocycles. The van der Waals surface area contributed by atoms with Crippen molar-refractivity contribution in [3.05, 3.63) is 29.8 Å². The average Bonchev–Trinajstić information content (AvgIpc) is 2.83. The molecule has 0 aromatic heterocycles. The van der Waals surface area contributed by atoms with Crippen molar-refractivity contribution in [3.63, 3.8) is 0 Å². The largest absolute Gasteiger partial charge is 0.480 e. The van der Waals surface area contributed by atoms with Crippen LogP contribution >= 0.6 is 11.8 Å². The third-order valence-corrected chi connectivity index (χ3v) is 4.74. The van der Waals surface area contributed by atoms with Crippen molar-refractivity contribution in [2.24, 2.45) is 0 Å². The third kappa shape index (κ3) is 3.50. The molecule has 0 spiro atoms. The number of rotatable bonds is 4. The fraction of sp³-hybridized carbons (Fsp3) is 0.467. The number of aryl methyl sites for hydroxylation is 1. The molecule has 2 N–H and O–H groups in total. The quantitative estimate of drug-likeness (QED) is 0.897. The van der Waals surface area contributed by atoms with Crippen molar-refractivity contribution in [2.45, 2.75) is 38.1 Å². The van der Waals surface area contributed by atoms with E-state index in [2.05, 4.69) is 12.2 Å². The first kappa shape index (κ1) is 15.7. The van der Waals surface area contributed by atoms with Crippen molar-refractivity contribution in [3.8, 4) is 0 Å². The number of carboxylic acid groups (broad SMARTS) is 1. The molecule has 5 nitrogen and oxygen atoms in total. The molecular formula is C15H20N2O3S. The molecule has 21 heavy (non-hydrogen) atoms. The van der Waals surface area contributed by atoms with Crippen molar-refractivity contribution < 1.29 is 14.7 Å². The van der Waals surface area contributed by atoms with Gasteiger partial charge >= 0.3 is 12.0 Å². The number of hydrogen-bond acceptors (Lipinski definition) is 3. The number of nitrogens with zero attached hydrogens (tertiary/aromatic N) is 1. The number of urea groups is 1. The van der Waals surface area contributed by atoms with Gasteiger partial charge in [-0.3, -0.25) is 4.90 Å². The highest BCUT2D eigenvalue weighted by Crippen LogP contribution is 2.30. The fourth-order valence-corrected chi connectivity index (χ4v) is 3.62. The van der Waals surface area contributed by atoms with Crippen LogP contribution in [0.4, 0.5) is 10.5 Å². The third-order valence-electron chi connectivity index (χ3n) is 3.52. The van der Waals surface area contributed by atoms with Gasteiger partial charge in [-0.05, 0) is 25.0 Å². The minimum Gasteiger partial charge on any atom is -0.480 e. The van der Waals surface area contributed by atoms with E-state index in [1.807, 2.05) is 31.2 Å². The van der Waals surface area contributed by atoms with E-state index < -0.39 is 12.0 Å². The predicted octanol–water partition coefficient (Wildman–Crippen LogP) is 3.02. The van der Waals surface area contributed by atoms with Crippen LogP contribution in [0.25, 0.3) is 0 Å². The van der Waals surface area contributed by atoms with Crippen LogP contribution in [0, 0.1) is 0 Å². The first-order valence-electron chi connectivity index (χ1n) is 7.06. The first-order valence-corrected chi connectivity index (χ1v) is 8.11. The maximum Gasteiger partial charge on any atom is 0.327 e. The Hall–Kier alpha value is -1.69. The van der Waals surface area contributed by atoms with Crippen LogP contribution in [-0.4, -0.2) is 39.2 Å². The lowest BCUT2D eigenvalue weighted by molar-refractivity contribution is -0.141. The van der Waals surface area contributed by atoms with Crippen LogP contribution in [0.5, 0.6) is 0 Å². The van der Waals surface area contributed by atoms with Gasteiger partial charge in [0.15, 0.2) is 0 Å². The van der Waals surface area contributed by atoms with Crippen LogP contribution in [0.1, 0.15) is 25.8 Å². The topological polar surface area (TPSA) is 69.6 Å².